The molecule has 0 atom stereocenters. The summed E-state index contributed by atoms with van der Waals surface area (Å²) in [5.41, 5.74) is 6.24. The highest BCUT2D eigenvalue weighted by Crippen LogP contribution is 1.96. The SMILES string of the molecule is N#CCNC(=O)Cn1cnc(CCN)c1. The molecule has 0 aliphatic rings. The normalized spacial score (nSPS) is 9.60. The average Bonchev–Trinajstić information content (AvgIpc) is 2.63. The standard InChI is InChI=1S/C9H13N5O/c10-2-1-8-5-14(7-13-8)6-9(15)12-4-3-11/h5,7H,1-2,4,6,10H2,(H,12,15). The van der Waals surface area contributed by atoms with Crippen LogP contribution in [0.25, 0.3) is 0 Å². The van der Waals surface area contributed by atoms with E-state index in [1.54, 1.807) is 17.1 Å². The largest absolute Gasteiger partial charge is 0.341 e. The molecule has 0 aliphatic heterocycles. The monoisotopic (exact) mass is 207 g/mol. The van der Waals surface area contributed by atoms with E-state index in [1.165, 1.54) is 0 Å². The van der Waals surface area contributed by atoms with Crippen molar-refractivity contribution in [3.05, 3.63) is 18.2 Å². The van der Waals surface area contributed by atoms with Gasteiger partial charge in [0.15, 0.2) is 0 Å². The number of imidazole rings is 1. The van der Waals surface area contributed by atoms with Crippen molar-refractivity contribution in [3.8, 4) is 6.07 Å². The minimum Gasteiger partial charge on any atom is -0.341 e. The molecule has 0 radical (unpaired) electrons. The number of nitriles is 1. The number of hydrogen-bond donors (Lipinski definition) is 2. The molecule has 15 heavy (non-hydrogen) atoms. The summed E-state index contributed by atoms with van der Waals surface area (Å²) in [4.78, 5) is 15.3. The van der Waals surface area contributed by atoms with Crippen LogP contribution < -0.4 is 11.1 Å². The van der Waals surface area contributed by atoms with Gasteiger partial charge in [-0.05, 0) is 6.54 Å². The second-order valence-corrected chi connectivity index (χ2v) is 3.01. The highest BCUT2D eigenvalue weighted by atomic mass is 16.1. The molecule has 0 unspecified atom stereocenters. The Hall–Kier alpha value is -1.87. The molecule has 1 rings (SSSR count). The Kier molecular flexibility index (Phi) is 4.31. The van der Waals surface area contributed by atoms with Crippen LogP contribution in [0, 0.1) is 11.3 Å². The van der Waals surface area contributed by atoms with Crippen LogP contribution in [0.4, 0.5) is 0 Å². The molecular formula is C9H13N5O. The first-order valence-corrected chi connectivity index (χ1v) is 4.60. The highest BCUT2D eigenvalue weighted by Gasteiger charge is 2.03. The van der Waals surface area contributed by atoms with Gasteiger partial charge in [0.1, 0.15) is 13.1 Å². The summed E-state index contributed by atoms with van der Waals surface area (Å²) in [7, 11) is 0. The zero-order valence-electron chi connectivity index (χ0n) is 8.31. The maximum absolute atomic E-state index is 11.2. The summed E-state index contributed by atoms with van der Waals surface area (Å²) in [6, 6.07) is 1.84. The summed E-state index contributed by atoms with van der Waals surface area (Å²) in [6.45, 7) is 0.750. The number of rotatable bonds is 5. The molecule has 6 nitrogen and oxygen atoms in total. The molecule has 0 aromatic carbocycles. The van der Waals surface area contributed by atoms with E-state index in [0.717, 1.165) is 5.69 Å². The molecule has 0 spiro atoms. The third-order valence-electron chi connectivity index (χ3n) is 1.78. The lowest BCUT2D eigenvalue weighted by atomic mass is 10.3. The van der Waals surface area contributed by atoms with Gasteiger partial charge in [0.05, 0.1) is 18.1 Å². The van der Waals surface area contributed by atoms with Crippen molar-refractivity contribution in [2.24, 2.45) is 5.73 Å². The fourth-order valence-electron chi connectivity index (χ4n) is 1.13. The van der Waals surface area contributed by atoms with E-state index in [1.807, 2.05) is 6.07 Å². The van der Waals surface area contributed by atoms with E-state index < -0.39 is 0 Å². The molecule has 0 bridgehead atoms. The Labute approximate surface area is 87.7 Å². The van der Waals surface area contributed by atoms with Crippen LogP contribution in [0.15, 0.2) is 12.5 Å². The molecule has 80 valence electrons. The average molecular weight is 207 g/mol. The van der Waals surface area contributed by atoms with Crippen molar-refractivity contribution < 1.29 is 4.79 Å². The number of amides is 1. The van der Waals surface area contributed by atoms with Gasteiger partial charge in [-0.3, -0.25) is 4.79 Å². The van der Waals surface area contributed by atoms with Crippen LogP contribution in [0.5, 0.6) is 0 Å². The Morgan fingerprint density at radius 1 is 1.73 bits per heavy atom. The zero-order valence-corrected chi connectivity index (χ0v) is 8.31. The smallest absolute Gasteiger partial charge is 0.240 e. The first kappa shape index (κ1) is 11.2. The van der Waals surface area contributed by atoms with Crippen molar-refractivity contribution in [1.29, 1.82) is 5.26 Å². The number of carbonyl (C=O) groups excluding carboxylic acids is 1. The van der Waals surface area contributed by atoms with Crippen LogP contribution in [0.2, 0.25) is 0 Å². The second-order valence-electron chi connectivity index (χ2n) is 3.01. The van der Waals surface area contributed by atoms with Crippen LogP contribution in [0.1, 0.15) is 5.69 Å². The van der Waals surface area contributed by atoms with E-state index in [4.69, 9.17) is 11.0 Å². The predicted molar refractivity (Wildman–Crippen MR) is 53.6 cm³/mol. The van der Waals surface area contributed by atoms with Crippen molar-refractivity contribution >= 4 is 5.91 Å². The molecule has 0 aliphatic carbocycles. The van der Waals surface area contributed by atoms with E-state index in [-0.39, 0.29) is 19.0 Å². The van der Waals surface area contributed by atoms with Gasteiger partial charge >= 0.3 is 0 Å². The number of nitrogens with one attached hydrogen (secondary N) is 1. The Bertz CT molecular complexity index is 365. The third-order valence-corrected chi connectivity index (χ3v) is 1.78. The van der Waals surface area contributed by atoms with Crippen LogP contribution in [-0.4, -0.2) is 28.5 Å². The van der Waals surface area contributed by atoms with Crippen molar-refractivity contribution in [1.82, 2.24) is 14.9 Å². The molecule has 0 saturated heterocycles. The van der Waals surface area contributed by atoms with Crippen LogP contribution in [-0.2, 0) is 17.8 Å². The third kappa shape index (κ3) is 3.79. The van der Waals surface area contributed by atoms with Crippen molar-refractivity contribution in [2.75, 3.05) is 13.1 Å². The number of nitrogens with zero attached hydrogens (tertiary/aromatic N) is 3. The van der Waals surface area contributed by atoms with Gasteiger partial charge in [0.2, 0.25) is 5.91 Å². The molecule has 3 N–H and O–H groups in total. The Morgan fingerprint density at radius 3 is 3.20 bits per heavy atom. The predicted octanol–water partition coefficient (Wildman–Crippen LogP) is -0.976. The quantitative estimate of drug-likeness (QED) is 0.607. The van der Waals surface area contributed by atoms with E-state index in [9.17, 15) is 4.79 Å². The summed E-state index contributed by atoms with van der Waals surface area (Å²) in [5.74, 6) is -0.201. The number of aromatic nitrogens is 2. The van der Waals surface area contributed by atoms with Gasteiger partial charge in [-0.25, -0.2) is 4.98 Å². The highest BCUT2D eigenvalue weighted by molar-refractivity contribution is 5.75. The lowest BCUT2D eigenvalue weighted by Gasteiger charge is -2.00. The van der Waals surface area contributed by atoms with Gasteiger partial charge in [-0.15, -0.1) is 0 Å². The van der Waals surface area contributed by atoms with Gasteiger partial charge in [-0.2, -0.15) is 5.26 Å². The first-order chi connectivity index (χ1) is 7.26. The van der Waals surface area contributed by atoms with Crippen LogP contribution >= 0.6 is 0 Å². The lowest BCUT2D eigenvalue weighted by molar-refractivity contribution is -0.121. The maximum atomic E-state index is 11.2. The molecule has 1 heterocycles. The summed E-state index contributed by atoms with van der Waals surface area (Å²) >= 11 is 0. The summed E-state index contributed by atoms with van der Waals surface area (Å²) in [6.07, 6.45) is 4.06. The lowest BCUT2D eigenvalue weighted by Crippen LogP contribution is -2.27. The Morgan fingerprint density at radius 2 is 2.53 bits per heavy atom. The maximum Gasteiger partial charge on any atom is 0.240 e. The van der Waals surface area contributed by atoms with Gasteiger partial charge in [-0.1, -0.05) is 0 Å². The minimum absolute atomic E-state index is 0.0309. The molecule has 6 heteroatoms. The minimum atomic E-state index is -0.201. The molecule has 1 aromatic heterocycles. The van der Waals surface area contributed by atoms with E-state index in [0.29, 0.717) is 13.0 Å². The van der Waals surface area contributed by atoms with Crippen LogP contribution in [0.3, 0.4) is 0 Å². The molecule has 0 fully saturated rings. The molecular weight excluding hydrogens is 194 g/mol. The topological polar surface area (TPSA) is 96.7 Å². The van der Waals surface area contributed by atoms with Gasteiger partial charge in [0.25, 0.3) is 0 Å². The van der Waals surface area contributed by atoms with Crippen molar-refractivity contribution in [3.63, 3.8) is 0 Å². The number of hydrogen-bond acceptors (Lipinski definition) is 4. The fourth-order valence-corrected chi connectivity index (χ4v) is 1.13. The fraction of sp³-hybridized carbons (Fsp3) is 0.444. The number of carbonyl (C=O) groups is 1. The van der Waals surface area contributed by atoms with Gasteiger partial charge < -0.3 is 15.6 Å². The van der Waals surface area contributed by atoms with E-state index >= 15 is 0 Å². The Balaban J connectivity index is 2.43. The number of nitrogens with two attached hydrogens (primary N) is 1. The van der Waals surface area contributed by atoms with Crippen molar-refractivity contribution in [2.45, 2.75) is 13.0 Å². The van der Waals surface area contributed by atoms with E-state index in [2.05, 4.69) is 10.3 Å². The molecule has 0 saturated carbocycles. The second kappa shape index (κ2) is 5.78. The molecule has 1 amide bonds. The van der Waals surface area contributed by atoms with Gasteiger partial charge in [0, 0.05) is 12.6 Å². The first-order valence-electron chi connectivity index (χ1n) is 4.60. The molecule has 1 aromatic rings. The summed E-state index contributed by atoms with van der Waals surface area (Å²) < 4.78 is 1.66. The summed E-state index contributed by atoms with van der Waals surface area (Å²) in [5, 5.41) is 10.7. The zero-order chi connectivity index (χ0) is 11.1.